The van der Waals surface area contributed by atoms with E-state index < -0.39 is 0 Å². The van der Waals surface area contributed by atoms with Crippen molar-refractivity contribution in [3.8, 4) is 0 Å². The van der Waals surface area contributed by atoms with Gasteiger partial charge in [0.15, 0.2) is 0 Å². The molecule has 1 aromatic heterocycles. The summed E-state index contributed by atoms with van der Waals surface area (Å²) in [5.41, 5.74) is 5.41. The molecule has 1 nitrogen and oxygen atoms in total. The molecule has 1 unspecified atom stereocenters. The molecule has 0 aliphatic heterocycles. The topological polar surface area (TPSA) is 12.0 Å². The summed E-state index contributed by atoms with van der Waals surface area (Å²) in [6.07, 6.45) is 1.12. The Bertz CT molecular complexity index is 565. The molecule has 0 bridgehead atoms. The number of benzene rings is 1. The number of hydrogen-bond acceptors (Lipinski definition) is 2. The van der Waals surface area contributed by atoms with Crippen LogP contribution in [0.15, 0.2) is 24.3 Å². The fraction of sp³-hybridized carbons (Fsp3) is 0.412. The summed E-state index contributed by atoms with van der Waals surface area (Å²) in [4.78, 5) is 1.29. The van der Waals surface area contributed by atoms with Crippen molar-refractivity contribution in [1.82, 2.24) is 5.32 Å². The highest BCUT2D eigenvalue weighted by Gasteiger charge is 2.19. The van der Waals surface area contributed by atoms with Gasteiger partial charge < -0.3 is 5.32 Å². The quantitative estimate of drug-likeness (QED) is 0.778. The number of halogens is 1. The first kappa shape index (κ1) is 15.6. The Labute approximate surface area is 131 Å². The van der Waals surface area contributed by atoms with E-state index in [1.165, 1.54) is 27.1 Å². The zero-order valence-corrected chi connectivity index (χ0v) is 14.2. The van der Waals surface area contributed by atoms with E-state index >= 15 is 0 Å². The lowest BCUT2D eigenvalue weighted by molar-refractivity contribution is 0.601. The normalized spacial score (nSPS) is 12.7. The summed E-state index contributed by atoms with van der Waals surface area (Å²) >= 11 is 7.79. The lowest BCUT2D eigenvalue weighted by Crippen LogP contribution is -2.24. The Morgan fingerprint density at radius 2 is 1.80 bits per heavy atom. The molecular formula is C17H22ClNS. The first-order chi connectivity index (χ1) is 9.52. The van der Waals surface area contributed by atoms with Crippen molar-refractivity contribution in [2.75, 3.05) is 6.54 Å². The van der Waals surface area contributed by atoms with Gasteiger partial charge in [0.25, 0.3) is 0 Å². The van der Waals surface area contributed by atoms with E-state index in [2.05, 4.69) is 51.2 Å². The van der Waals surface area contributed by atoms with Gasteiger partial charge in [0.2, 0.25) is 0 Å². The second-order valence-corrected chi connectivity index (χ2v) is 7.09. The number of thiophene rings is 1. The molecule has 108 valence electrons. The van der Waals surface area contributed by atoms with Crippen LogP contribution in [-0.2, 0) is 0 Å². The molecule has 0 radical (unpaired) electrons. The van der Waals surface area contributed by atoms with E-state index in [0.29, 0.717) is 0 Å². The first-order valence-corrected chi connectivity index (χ1v) is 8.28. The molecule has 1 N–H and O–H groups in total. The van der Waals surface area contributed by atoms with Crippen LogP contribution in [0.25, 0.3) is 0 Å². The van der Waals surface area contributed by atoms with Crippen LogP contribution in [0.4, 0.5) is 0 Å². The Balaban J connectivity index is 2.46. The first-order valence-electron chi connectivity index (χ1n) is 7.09. The molecule has 0 saturated carbocycles. The minimum atomic E-state index is 0.244. The fourth-order valence-corrected chi connectivity index (χ4v) is 3.91. The Morgan fingerprint density at radius 3 is 2.30 bits per heavy atom. The van der Waals surface area contributed by atoms with Crippen molar-refractivity contribution in [1.29, 1.82) is 0 Å². The van der Waals surface area contributed by atoms with Gasteiger partial charge in [-0.1, -0.05) is 36.2 Å². The van der Waals surface area contributed by atoms with Gasteiger partial charge in [-0.25, -0.2) is 0 Å². The number of nitrogens with one attached hydrogen (secondary N) is 1. The monoisotopic (exact) mass is 307 g/mol. The summed E-state index contributed by atoms with van der Waals surface area (Å²) in [6, 6.07) is 8.89. The van der Waals surface area contributed by atoms with Crippen molar-refractivity contribution >= 4 is 22.9 Å². The second kappa shape index (κ2) is 6.75. The highest BCUT2D eigenvalue weighted by molar-refractivity contribution is 7.16. The maximum Gasteiger partial charge on any atom is 0.0931 e. The van der Waals surface area contributed by atoms with Crippen LogP contribution in [0.1, 0.15) is 46.5 Å². The standard InChI is InChI=1S/C17H22ClNS/c1-5-8-19-17(14-6-7-15(18)20-14)16-12(3)9-11(2)10-13(16)4/h6-7,9-10,17,19H,5,8H2,1-4H3. The van der Waals surface area contributed by atoms with Gasteiger partial charge in [-0.3, -0.25) is 0 Å². The van der Waals surface area contributed by atoms with Gasteiger partial charge >= 0.3 is 0 Å². The van der Waals surface area contributed by atoms with Crippen LogP contribution < -0.4 is 5.32 Å². The zero-order chi connectivity index (χ0) is 14.7. The van der Waals surface area contributed by atoms with Crippen molar-refractivity contribution in [3.05, 3.63) is 55.7 Å². The van der Waals surface area contributed by atoms with Crippen LogP contribution in [-0.4, -0.2) is 6.54 Å². The highest BCUT2D eigenvalue weighted by atomic mass is 35.5. The molecule has 0 saturated heterocycles. The van der Waals surface area contributed by atoms with Crippen LogP contribution >= 0.6 is 22.9 Å². The van der Waals surface area contributed by atoms with E-state index in [4.69, 9.17) is 11.6 Å². The van der Waals surface area contributed by atoms with Gasteiger partial charge in [-0.05, 0) is 62.6 Å². The maximum absolute atomic E-state index is 6.12. The van der Waals surface area contributed by atoms with Crippen molar-refractivity contribution in [2.45, 2.75) is 40.2 Å². The Hall–Kier alpha value is -0.830. The predicted molar refractivity (Wildman–Crippen MR) is 90.1 cm³/mol. The minimum absolute atomic E-state index is 0.244. The van der Waals surface area contributed by atoms with E-state index in [1.807, 2.05) is 6.07 Å². The van der Waals surface area contributed by atoms with Crippen LogP contribution in [0.5, 0.6) is 0 Å². The second-order valence-electron chi connectivity index (χ2n) is 5.34. The number of aryl methyl sites for hydroxylation is 3. The van der Waals surface area contributed by atoms with Gasteiger partial charge in [0.1, 0.15) is 0 Å². The molecule has 0 aliphatic rings. The number of hydrogen-bond donors (Lipinski definition) is 1. The third-order valence-electron chi connectivity index (χ3n) is 3.50. The van der Waals surface area contributed by atoms with E-state index in [-0.39, 0.29) is 6.04 Å². The van der Waals surface area contributed by atoms with Gasteiger partial charge in [0, 0.05) is 4.88 Å². The molecular weight excluding hydrogens is 286 g/mol. The lowest BCUT2D eigenvalue weighted by Gasteiger charge is -2.22. The van der Waals surface area contributed by atoms with Crippen molar-refractivity contribution in [3.63, 3.8) is 0 Å². The third kappa shape index (κ3) is 3.43. The molecule has 20 heavy (non-hydrogen) atoms. The SMILES string of the molecule is CCCNC(c1ccc(Cl)s1)c1c(C)cc(C)cc1C. The fourth-order valence-electron chi connectivity index (χ4n) is 2.76. The Morgan fingerprint density at radius 1 is 1.15 bits per heavy atom. The summed E-state index contributed by atoms with van der Waals surface area (Å²) in [5, 5.41) is 3.67. The van der Waals surface area contributed by atoms with Crippen LogP contribution in [0.2, 0.25) is 4.34 Å². The average Bonchev–Trinajstić information content (AvgIpc) is 2.78. The van der Waals surface area contributed by atoms with Gasteiger partial charge in [-0.2, -0.15) is 0 Å². The molecule has 2 rings (SSSR count). The molecule has 1 heterocycles. The Kier molecular flexibility index (Phi) is 5.25. The van der Waals surface area contributed by atoms with E-state index in [0.717, 1.165) is 17.3 Å². The van der Waals surface area contributed by atoms with Crippen LogP contribution in [0, 0.1) is 20.8 Å². The average molecular weight is 308 g/mol. The molecule has 3 heteroatoms. The van der Waals surface area contributed by atoms with Crippen molar-refractivity contribution in [2.24, 2.45) is 0 Å². The molecule has 1 atom stereocenters. The molecule has 2 aromatic rings. The molecule has 1 aromatic carbocycles. The lowest BCUT2D eigenvalue weighted by atomic mass is 9.93. The smallest absolute Gasteiger partial charge is 0.0931 e. The summed E-state index contributed by atoms with van der Waals surface area (Å²) in [5.74, 6) is 0. The maximum atomic E-state index is 6.12. The number of rotatable bonds is 5. The largest absolute Gasteiger partial charge is 0.306 e. The van der Waals surface area contributed by atoms with E-state index in [1.54, 1.807) is 11.3 Å². The summed E-state index contributed by atoms with van der Waals surface area (Å²) in [6.45, 7) is 9.75. The molecule has 0 amide bonds. The van der Waals surface area contributed by atoms with Crippen LogP contribution in [0.3, 0.4) is 0 Å². The summed E-state index contributed by atoms with van der Waals surface area (Å²) < 4.78 is 0.853. The molecule has 0 spiro atoms. The van der Waals surface area contributed by atoms with Gasteiger partial charge in [0.05, 0.1) is 10.4 Å². The zero-order valence-electron chi connectivity index (χ0n) is 12.6. The predicted octanol–water partition coefficient (Wildman–Crippen LogP) is 5.42. The molecule has 0 aliphatic carbocycles. The van der Waals surface area contributed by atoms with Crippen molar-refractivity contribution < 1.29 is 0 Å². The minimum Gasteiger partial charge on any atom is -0.306 e. The van der Waals surface area contributed by atoms with E-state index in [9.17, 15) is 0 Å². The third-order valence-corrected chi connectivity index (χ3v) is 4.80. The highest BCUT2D eigenvalue weighted by Crippen LogP contribution is 2.34. The van der Waals surface area contributed by atoms with Gasteiger partial charge in [-0.15, -0.1) is 11.3 Å². The molecule has 0 fully saturated rings. The summed E-state index contributed by atoms with van der Waals surface area (Å²) in [7, 11) is 0.